The number of methoxy groups -OCH3 is 1. The third kappa shape index (κ3) is 1.37. The molecule has 0 aromatic heterocycles. The van der Waals surface area contributed by atoms with Crippen LogP contribution >= 0.6 is 0 Å². The number of fused-ring (bicyclic) bond motifs is 1. The quantitative estimate of drug-likeness (QED) is 0.447. The molecule has 0 aromatic carbocycles. The minimum atomic E-state index is -0.166. The van der Waals surface area contributed by atoms with Gasteiger partial charge in [-0.25, -0.2) is 0 Å². The van der Waals surface area contributed by atoms with Gasteiger partial charge in [0.05, 0.1) is 6.10 Å². The summed E-state index contributed by atoms with van der Waals surface area (Å²) in [6, 6.07) is 0. The Hall–Kier alpha value is -0.450. The summed E-state index contributed by atoms with van der Waals surface area (Å²) in [7, 11) is 1.58. The molecular weight excluding hydrogens is 160 g/mol. The molecule has 68 valence electrons. The third-order valence-corrected chi connectivity index (χ3v) is 2.28. The first kappa shape index (κ1) is 8.16. The molecule has 4 nitrogen and oxygen atoms in total. The van der Waals surface area contributed by atoms with Crippen molar-refractivity contribution >= 4 is 5.78 Å². The Morgan fingerprint density at radius 3 is 3.25 bits per heavy atom. The highest BCUT2D eigenvalue weighted by Crippen LogP contribution is 2.35. The van der Waals surface area contributed by atoms with Gasteiger partial charge in [0.15, 0.2) is 5.78 Å². The van der Waals surface area contributed by atoms with Gasteiger partial charge in [-0.05, 0) is 6.42 Å². The van der Waals surface area contributed by atoms with E-state index in [4.69, 9.17) is 14.2 Å². The minimum absolute atomic E-state index is 0.0152. The summed E-state index contributed by atoms with van der Waals surface area (Å²) >= 11 is 0. The lowest BCUT2D eigenvalue weighted by atomic mass is 9.97. The van der Waals surface area contributed by atoms with E-state index in [1.54, 1.807) is 7.11 Å². The van der Waals surface area contributed by atoms with E-state index in [-0.39, 0.29) is 30.9 Å². The fourth-order valence-corrected chi connectivity index (χ4v) is 1.59. The maximum absolute atomic E-state index is 11.0. The Morgan fingerprint density at radius 1 is 1.67 bits per heavy atom. The molecule has 0 radical (unpaired) electrons. The van der Waals surface area contributed by atoms with Gasteiger partial charge in [0.25, 0.3) is 0 Å². The molecule has 1 saturated heterocycles. The van der Waals surface area contributed by atoms with Gasteiger partial charge in [-0.2, -0.15) is 0 Å². The monoisotopic (exact) mass is 172 g/mol. The second-order valence-corrected chi connectivity index (χ2v) is 3.14. The average molecular weight is 172 g/mol. The maximum Gasteiger partial charge on any atom is 0.164 e. The molecule has 0 aromatic rings. The van der Waals surface area contributed by atoms with Gasteiger partial charge < -0.3 is 14.2 Å². The highest BCUT2D eigenvalue weighted by Gasteiger charge is 2.53. The first-order valence-electron chi connectivity index (χ1n) is 4.11. The number of epoxide rings is 1. The van der Waals surface area contributed by atoms with Crippen LogP contribution in [0, 0.1) is 0 Å². The second-order valence-electron chi connectivity index (χ2n) is 3.14. The summed E-state index contributed by atoms with van der Waals surface area (Å²) in [5, 5.41) is 0. The summed E-state index contributed by atoms with van der Waals surface area (Å²) in [6.45, 7) is 0.283. The van der Waals surface area contributed by atoms with Crippen molar-refractivity contribution in [3.05, 3.63) is 0 Å². The summed E-state index contributed by atoms with van der Waals surface area (Å²) in [6.07, 6.45) is 1.26. The predicted molar refractivity (Wildman–Crippen MR) is 39.7 cm³/mol. The number of Topliss-reactive ketones (excluding diaryl/α,β-unsaturated/α-hetero) is 1. The zero-order valence-corrected chi connectivity index (χ0v) is 6.99. The Morgan fingerprint density at radius 2 is 2.50 bits per heavy atom. The summed E-state index contributed by atoms with van der Waals surface area (Å²) in [5.41, 5.74) is 0. The average Bonchev–Trinajstić information content (AvgIpc) is 2.83. The molecular formula is C8H12O4. The molecule has 0 spiro atoms. The molecule has 0 unspecified atom stereocenters. The Balaban J connectivity index is 1.82. The minimum Gasteiger partial charge on any atom is -0.359 e. The van der Waals surface area contributed by atoms with E-state index in [2.05, 4.69) is 0 Å². The topological polar surface area (TPSA) is 48.1 Å². The van der Waals surface area contributed by atoms with Crippen LogP contribution < -0.4 is 0 Å². The molecule has 0 N–H and O–H groups in total. The zero-order chi connectivity index (χ0) is 8.55. The highest BCUT2D eigenvalue weighted by atomic mass is 16.7. The fraction of sp³-hybridized carbons (Fsp3) is 0.875. The van der Waals surface area contributed by atoms with Gasteiger partial charge in [0, 0.05) is 13.5 Å². The van der Waals surface area contributed by atoms with Crippen LogP contribution in [0.25, 0.3) is 0 Å². The van der Waals surface area contributed by atoms with Crippen LogP contribution in [0.1, 0.15) is 12.8 Å². The lowest BCUT2D eigenvalue weighted by Crippen LogP contribution is -2.30. The number of rotatable bonds is 3. The molecule has 2 rings (SSSR count). The van der Waals surface area contributed by atoms with E-state index in [1.807, 2.05) is 0 Å². The fourth-order valence-electron chi connectivity index (χ4n) is 1.59. The summed E-state index contributed by atoms with van der Waals surface area (Å²) in [5.74, 6) is 0.220. The van der Waals surface area contributed by atoms with Crippen molar-refractivity contribution in [1.29, 1.82) is 0 Å². The van der Waals surface area contributed by atoms with Gasteiger partial charge in [0.2, 0.25) is 0 Å². The molecule has 12 heavy (non-hydrogen) atoms. The van der Waals surface area contributed by atoms with Crippen LogP contribution in [0.2, 0.25) is 0 Å². The van der Waals surface area contributed by atoms with E-state index in [0.29, 0.717) is 6.42 Å². The van der Waals surface area contributed by atoms with E-state index >= 15 is 0 Å². The summed E-state index contributed by atoms with van der Waals surface area (Å²) < 4.78 is 15.3. The second kappa shape index (κ2) is 3.12. The van der Waals surface area contributed by atoms with Crippen molar-refractivity contribution in [3.63, 3.8) is 0 Å². The van der Waals surface area contributed by atoms with Gasteiger partial charge >= 0.3 is 0 Å². The smallest absolute Gasteiger partial charge is 0.164 e. The Labute approximate surface area is 70.8 Å². The standard InChI is InChI=1S/C8H12O4/c1-10-4-11-6-3-2-5(9)7-8(6)12-7/h6-8H,2-4H2,1H3/t6-,7-,8+/m1/s1. The Kier molecular flexibility index (Phi) is 2.12. The number of hydrogen-bond donors (Lipinski definition) is 0. The van der Waals surface area contributed by atoms with Gasteiger partial charge in [-0.3, -0.25) is 4.79 Å². The van der Waals surface area contributed by atoms with Crippen molar-refractivity contribution in [3.8, 4) is 0 Å². The molecule has 4 heteroatoms. The van der Waals surface area contributed by atoms with Gasteiger partial charge in [-0.15, -0.1) is 0 Å². The van der Waals surface area contributed by atoms with Crippen molar-refractivity contribution in [2.45, 2.75) is 31.2 Å². The lowest BCUT2D eigenvalue weighted by Gasteiger charge is -2.17. The molecule has 2 aliphatic rings. The number of hydrogen-bond acceptors (Lipinski definition) is 4. The van der Waals surface area contributed by atoms with Crippen molar-refractivity contribution in [2.75, 3.05) is 13.9 Å². The lowest BCUT2D eigenvalue weighted by molar-refractivity contribution is -0.124. The van der Waals surface area contributed by atoms with Crippen LogP contribution in [0.15, 0.2) is 0 Å². The SMILES string of the molecule is COCO[C@@H]1CCC(=O)[C@H]2O[C@H]21. The summed E-state index contributed by atoms with van der Waals surface area (Å²) in [4.78, 5) is 11.0. The van der Waals surface area contributed by atoms with E-state index in [1.165, 1.54) is 0 Å². The highest BCUT2D eigenvalue weighted by molar-refractivity contribution is 5.87. The van der Waals surface area contributed by atoms with Crippen LogP contribution in [0.3, 0.4) is 0 Å². The van der Waals surface area contributed by atoms with Gasteiger partial charge in [-0.1, -0.05) is 0 Å². The molecule has 0 amide bonds. The molecule has 1 heterocycles. The van der Waals surface area contributed by atoms with Crippen molar-refractivity contribution in [1.82, 2.24) is 0 Å². The number of ketones is 1. The molecule has 1 aliphatic carbocycles. The first-order valence-corrected chi connectivity index (χ1v) is 4.11. The predicted octanol–water partition coefficient (Wildman–Crippen LogP) is 0.106. The largest absolute Gasteiger partial charge is 0.359 e. The van der Waals surface area contributed by atoms with Crippen LogP contribution in [0.5, 0.6) is 0 Å². The molecule has 0 bridgehead atoms. The van der Waals surface area contributed by atoms with Crippen molar-refractivity contribution in [2.24, 2.45) is 0 Å². The zero-order valence-electron chi connectivity index (χ0n) is 6.99. The normalized spacial score (nSPS) is 39.4. The number of ether oxygens (including phenoxy) is 3. The van der Waals surface area contributed by atoms with Crippen LogP contribution in [-0.2, 0) is 19.0 Å². The van der Waals surface area contributed by atoms with E-state index < -0.39 is 0 Å². The van der Waals surface area contributed by atoms with E-state index in [9.17, 15) is 4.79 Å². The van der Waals surface area contributed by atoms with Crippen LogP contribution in [-0.4, -0.2) is 38.0 Å². The van der Waals surface area contributed by atoms with Gasteiger partial charge in [0.1, 0.15) is 19.0 Å². The molecule has 1 saturated carbocycles. The first-order chi connectivity index (χ1) is 5.83. The maximum atomic E-state index is 11.0. The van der Waals surface area contributed by atoms with E-state index in [0.717, 1.165) is 6.42 Å². The van der Waals surface area contributed by atoms with Crippen LogP contribution in [0.4, 0.5) is 0 Å². The number of carbonyl (C=O) groups excluding carboxylic acids is 1. The number of carbonyl (C=O) groups is 1. The Bertz CT molecular complexity index is 191. The van der Waals surface area contributed by atoms with Crippen molar-refractivity contribution < 1.29 is 19.0 Å². The molecule has 3 atom stereocenters. The molecule has 2 fully saturated rings. The molecule has 1 aliphatic heterocycles. The third-order valence-electron chi connectivity index (χ3n) is 2.28.